The monoisotopic (exact) mass is 279 g/mol. The van der Waals surface area contributed by atoms with Gasteiger partial charge in [-0.05, 0) is 26.2 Å². The lowest BCUT2D eigenvalue weighted by molar-refractivity contribution is 0.207. The van der Waals surface area contributed by atoms with Gasteiger partial charge in [0.25, 0.3) is 0 Å². The largest absolute Gasteiger partial charge is 0.347 e. The highest BCUT2D eigenvalue weighted by Crippen LogP contribution is 2.53. The molecule has 0 radical (unpaired) electrons. The maximum atomic E-state index is 12.5. The van der Waals surface area contributed by atoms with Crippen LogP contribution in [0.4, 0.5) is 0 Å². The lowest BCUT2D eigenvalue weighted by atomic mass is 9.96. The third kappa shape index (κ3) is 6.33. The van der Waals surface area contributed by atoms with Crippen molar-refractivity contribution in [1.82, 2.24) is 0 Å². The van der Waals surface area contributed by atoms with Crippen LogP contribution in [0.3, 0.4) is 0 Å². The van der Waals surface area contributed by atoms with Crippen LogP contribution in [0.25, 0.3) is 0 Å². The molecule has 4 nitrogen and oxygen atoms in total. The van der Waals surface area contributed by atoms with E-state index in [0.717, 1.165) is 12.8 Å². The molecule has 0 aliphatic carbocycles. The average Bonchev–Trinajstić information content (AvgIpc) is 2.34. The quantitative estimate of drug-likeness (QED) is 0.577. The van der Waals surface area contributed by atoms with Gasteiger partial charge in [0.05, 0.1) is 13.2 Å². The molecule has 5 heteroatoms. The van der Waals surface area contributed by atoms with Crippen LogP contribution in [0.15, 0.2) is 0 Å². The van der Waals surface area contributed by atoms with Crippen molar-refractivity contribution >= 4 is 7.60 Å². The molecular weight excluding hydrogens is 249 g/mol. The molecule has 2 atom stereocenters. The lowest BCUT2D eigenvalue weighted by Crippen LogP contribution is -2.26. The van der Waals surface area contributed by atoms with Gasteiger partial charge in [-0.1, -0.05) is 39.5 Å². The number of nitrogens with two attached hydrogens (primary N) is 1. The van der Waals surface area contributed by atoms with Crippen molar-refractivity contribution in [2.24, 2.45) is 11.7 Å². The van der Waals surface area contributed by atoms with E-state index in [1.54, 1.807) is 0 Å². The summed E-state index contributed by atoms with van der Waals surface area (Å²) in [6.07, 6.45) is 5.29. The summed E-state index contributed by atoms with van der Waals surface area (Å²) < 4.78 is 23.0. The van der Waals surface area contributed by atoms with E-state index in [-0.39, 0.29) is 0 Å². The zero-order chi connectivity index (χ0) is 14.0. The Morgan fingerprint density at radius 1 is 1.11 bits per heavy atom. The normalized spacial score (nSPS) is 15.6. The van der Waals surface area contributed by atoms with Crippen molar-refractivity contribution in [3.63, 3.8) is 0 Å². The van der Waals surface area contributed by atoms with Crippen molar-refractivity contribution in [3.8, 4) is 0 Å². The summed E-state index contributed by atoms with van der Waals surface area (Å²) in [5.74, 6) is 0.00777. The number of hydrogen-bond acceptors (Lipinski definition) is 4. The third-order valence-electron chi connectivity index (χ3n) is 3.14. The van der Waals surface area contributed by atoms with Gasteiger partial charge in [0.15, 0.2) is 0 Å². The maximum Gasteiger partial charge on any atom is 0.347 e. The van der Waals surface area contributed by atoms with Gasteiger partial charge >= 0.3 is 7.60 Å². The zero-order valence-electron chi connectivity index (χ0n) is 12.4. The number of rotatable bonds is 11. The minimum absolute atomic E-state index is 0.372. The molecule has 0 heterocycles. The first-order chi connectivity index (χ1) is 8.53. The Morgan fingerprint density at radius 2 is 1.67 bits per heavy atom. The Bertz CT molecular complexity index is 238. The summed E-state index contributed by atoms with van der Waals surface area (Å²) in [6, 6.07) is 0. The van der Waals surface area contributed by atoms with Crippen LogP contribution in [0, 0.1) is 5.92 Å². The van der Waals surface area contributed by atoms with E-state index in [4.69, 9.17) is 14.8 Å². The molecule has 0 aliphatic rings. The topological polar surface area (TPSA) is 61.6 Å². The van der Waals surface area contributed by atoms with Gasteiger partial charge in [0, 0.05) is 0 Å². The maximum absolute atomic E-state index is 12.5. The Balaban J connectivity index is 4.46. The summed E-state index contributed by atoms with van der Waals surface area (Å²) >= 11 is 0. The Hall–Kier alpha value is 0.110. The molecule has 0 fully saturated rings. The fraction of sp³-hybridized carbons (Fsp3) is 1.00. The summed E-state index contributed by atoms with van der Waals surface area (Å²) in [6.45, 7) is 8.70. The second-order valence-corrected chi connectivity index (χ2v) is 6.85. The first-order valence-corrected chi connectivity index (χ1v) is 8.79. The molecule has 2 N–H and O–H groups in total. The molecule has 0 aliphatic heterocycles. The highest BCUT2D eigenvalue weighted by Gasteiger charge is 2.33. The van der Waals surface area contributed by atoms with Gasteiger partial charge in [-0.3, -0.25) is 4.57 Å². The molecular formula is C13H30NO3P. The van der Waals surface area contributed by atoms with Gasteiger partial charge in [-0.15, -0.1) is 0 Å². The van der Waals surface area contributed by atoms with Gasteiger partial charge in [-0.2, -0.15) is 0 Å². The van der Waals surface area contributed by atoms with E-state index in [0.29, 0.717) is 25.6 Å². The van der Waals surface area contributed by atoms with Gasteiger partial charge in [0.2, 0.25) is 0 Å². The molecule has 0 aromatic rings. The molecule has 0 aromatic heterocycles. The molecule has 0 saturated heterocycles. The molecule has 110 valence electrons. The summed E-state index contributed by atoms with van der Waals surface area (Å²) in [5.41, 5.74) is 6.06. The molecule has 0 amide bonds. The predicted molar refractivity (Wildman–Crippen MR) is 76.8 cm³/mol. The molecule has 0 aromatic carbocycles. The first-order valence-electron chi connectivity index (χ1n) is 7.18. The van der Waals surface area contributed by atoms with Crippen LogP contribution >= 0.6 is 7.60 Å². The fourth-order valence-corrected chi connectivity index (χ4v) is 3.77. The van der Waals surface area contributed by atoms with E-state index >= 15 is 0 Å². The SMILES string of the molecule is CCCCC(CC)CC(N)P(=O)(OCC)OCC. The van der Waals surface area contributed by atoms with Crippen molar-refractivity contribution in [1.29, 1.82) is 0 Å². The van der Waals surface area contributed by atoms with E-state index in [1.807, 2.05) is 13.8 Å². The van der Waals surface area contributed by atoms with Crippen LogP contribution in [0.2, 0.25) is 0 Å². The number of hydrogen-bond donors (Lipinski definition) is 1. The third-order valence-corrected chi connectivity index (χ3v) is 5.40. The molecule has 2 unspecified atom stereocenters. The number of unbranched alkanes of at least 4 members (excludes halogenated alkanes) is 1. The van der Waals surface area contributed by atoms with Crippen molar-refractivity contribution < 1.29 is 13.6 Å². The Morgan fingerprint density at radius 3 is 2.06 bits per heavy atom. The van der Waals surface area contributed by atoms with Crippen molar-refractivity contribution in [3.05, 3.63) is 0 Å². The van der Waals surface area contributed by atoms with Crippen molar-refractivity contribution in [2.75, 3.05) is 13.2 Å². The van der Waals surface area contributed by atoms with Crippen LogP contribution < -0.4 is 5.73 Å². The van der Waals surface area contributed by atoms with E-state index in [1.165, 1.54) is 12.8 Å². The van der Waals surface area contributed by atoms with E-state index in [9.17, 15) is 4.57 Å². The minimum Gasteiger partial charge on any atom is -0.318 e. The molecule has 0 saturated carbocycles. The predicted octanol–water partition coefficient (Wildman–Crippen LogP) is 4.14. The summed E-state index contributed by atoms with van der Waals surface area (Å²) in [7, 11) is -3.13. The van der Waals surface area contributed by atoms with Gasteiger partial charge in [0.1, 0.15) is 5.78 Å². The Kier molecular flexibility index (Phi) is 10.0. The van der Waals surface area contributed by atoms with Crippen LogP contribution in [-0.4, -0.2) is 19.0 Å². The van der Waals surface area contributed by atoms with Crippen LogP contribution in [0.1, 0.15) is 59.8 Å². The second kappa shape index (κ2) is 9.96. The van der Waals surface area contributed by atoms with Crippen molar-refractivity contribution in [2.45, 2.75) is 65.6 Å². The summed E-state index contributed by atoms with van der Waals surface area (Å²) in [5, 5.41) is 0. The fourth-order valence-electron chi connectivity index (χ4n) is 2.04. The Labute approximate surface area is 112 Å². The van der Waals surface area contributed by atoms with Gasteiger partial charge in [-0.25, -0.2) is 0 Å². The second-order valence-electron chi connectivity index (χ2n) is 4.59. The van der Waals surface area contributed by atoms with E-state index in [2.05, 4.69) is 13.8 Å². The molecule has 18 heavy (non-hydrogen) atoms. The molecule has 0 spiro atoms. The van der Waals surface area contributed by atoms with Crippen LogP contribution in [0.5, 0.6) is 0 Å². The molecule has 0 rings (SSSR count). The zero-order valence-corrected chi connectivity index (χ0v) is 13.2. The minimum atomic E-state index is -3.13. The van der Waals surface area contributed by atoms with Crippen LogP contribution in [-0.2, 0) is 13.6 Å². The molecule has 0 bridgehead atoms. The summed E-state index contributed by atoms with van der Waals surface area (Å²) in [4.78, 5) is 0. The highest BCUT2D eigenvalue weighted by molar-refractivity contribution is 7.54. The van der Waals surface area contributed by atoms with Gasteiger partial charge < -0.3 is 14.8 Å². The highest BCUT2D eigenvalue weighted by atomic mass is 31.2. The first kappa shape index (κ1) is 18.1. The average molecular weight is 279 g/mol. The van der Waals surface area contributed by atoms with E-state index < -0.39 is 13.4 Å². The smallest absolute Gasteiger partial charge is 0.318 e. The lowest BCUT2D eigenvalue weighted by Gasteiger charge is -2.26. The standard InChI is InChI=1S/C13H30NO3P/c1-5-9-10-12(6-2)11-13(14)18(15,16-7-3)17-8-4/h12-13H,5-11,14H2,1-4H3.